The molecule has 0 bridgehead atoms. The van der Waals surface area contributed by atoms with Gasteiger partial charge >= 0.3 is 0 Å². The molecule has 0 aliphatic carbocycles. The van der Waals surface area contributed by atoms with Crippen LogP contribution in [0.4, 0.5) is 5.95 Å². The standard InChI is InChI=1S/C12H11Cl2N3O/c13-10-8-11(14)17-12(16-10)15-6-7-18-9-4-2-1-3-5-9/h1-5,8H,6-7H2,(H,15,16,17). The molecule has 0 aliphatic heterocycles. The summed E-state index contributed by atoms with van der Waals surface area (Å²) >= 11 is 11.5. The Morgan fingerprint density at radius 1 is 1.06 bits per heavy atom. The minimum Gasteiger partial charge on any atom is -0.492 e. The smallest absolute Gasteiger partial charge is 0.225 e. The Morgan fingerprint density at radius 2 is 1.72 bits per heavy atom. The Labute approximate surface area is 115 Å². The van der Waals surface area contributed by atoms with Crippen LogP contribution in [0, 0.1) is 0 Å². The van der Waals surface area contributed by atoms with Crippen LogP contribution in [0.25, 0.3) is 0 Å². The Kier molecular flexibility index (Phi) is 4.61. The van der Waals surface area contributed by atoms with Crippen molar-refractivity contribution < 1.29 is 4.74 Å². The minimum atomic E-state index is 0.307. The number of nitrogens with zero attached hydrogens (tertiary/aromatic N) is 2. The predicted octanol–water partition coefficient (Wildman–Crippen LogP) is 3.27. The van der Waals surface area contributed by atoms with Crippen molar-refractivity contribution in [3.05, 3.63) is 46.7 Å². The molecule has 0 spiro atoms. The van der Waals surface area contributed by atoms with Crippen LogP contribution in [0.1, 0.15) is 0 Å². The van der Waals surface area contributed by atoms with Crippen molar-refractivity contribution in [2.24, 2.45) is 0 Å². The monoisotopic (exact) mass is 283 g/mol. The summed E-state index contributed by atoms with van der Waals surface area (Å²) in [6, 6.07) is 11.0. The molecule has 0 unspecified atom stereocenters. The van der Waals surface area contributed by atoms with Crippen molar-refractivity contribution in [1.29, 1.82) is 0 Å². The van der Waals surface area contributed by atoms with E-state index in [2.05, 4.69) is 15.3 Å². The van der Waals surface area contributed by atoms with Gasteiger partial charge in [0.2, 0.25) is 5.95 Å². The van der Waals surface area contributed by atoms with Gasteiger partial charge in [-0.05, 0) is 12.1 Å². The summed E-state index contributed by atoms with van der Waals surface area (Å²) in [7, 11) is 0. The van der Waals surface area contributed by atoms with Gasteiger partial charge in [0.15, 0.2) is 0 Å². The van der Waals surface area contributed by atoms with Gasteiger partial charge in [-0.25, -0.2) is 9.97 Å². The second-order valence-corrected chi connectivity index (χ2v) is 4.20. The molecule has 18 heavy (non-hydrogen) atoms. The lowest BCUT2D eigenvalue weighted by molar-refractivity contribution is 0.332. The number of benzene rings is 1. The Balaban J connectivity index is 1.78. The van der Waals surface area contributed by atoms with E-state index < -0.39 is 0 Å². The van der Waals surface area contributed by atoms with E-state index in [1.54, 1.807) is 0 Å². The average molecular weight is 284 g/mol. The molecular formula is C12H11Cl2N3O. The number of halogens is 2. The number of hydrogen-bond donors (Lipinski definition) is 1. The van der Waals surface area contributed by atoms with E-state index in [0.717, 1.165) is 5.75 Å². The van der Waals surface area contributed by atoms with Crippen LogP contribution < -0.4 is 10.1 Å². The zero-order valence-electron chi connectivity index (χ0n) is 9.44. The van der Waals surface area contributed by atoms with Gasteiger partial charge < -0.3 is 10.1 Å². The molecule has 0 aliphatic rings. The first-order valence-corrected chi connectivity index (χ1v) is 6.11. The maximum atomic E-state index is 5.75. The Hall–Kier alpha value is -1.52. The van der Waals surface area contributed by atoms with Crippen LogP contribution in [0.5, 0.6) is 5.75 Å². The zero-order valence-corrected chi connectivity index (χ0v) is 10.9. The molecule has 1 heterocycles. The molecule has 1 aromatic heterocycles. The quantitative estimate of drug-likeness (QED) is 0.676. The first-order chi connectivity index (χ1) is 8.74. The Bertz CT molecular complexity index is 488. The number of ether oxygens (including phenoxy) is 1. The highest BCUT2D eigenvalue weighted by Crippen LogP contribution is 2.14. The van der Waals surface area contributed by atoms with E-state index in [1.165, 1.54) is 6.07 Å². The maximum Gasteiger partial charge on any atom is 0.225 e. The summed E-state index contributed by atoms with van der Waals surface area (Å²) < 4.78 is 5.50. The number of aromatic nitrogens is 2. The highest BCUT2D eigenvalue weighted by Gasteiger charge is 2.00. The van der Waals surface area contributed by atoms with Gasteiger partial charge in [-0.1, -0.05) is 41.4 Å². The van der Waals surface area contributed by atoms with Crippen LogP contribution in [0.3, 0.4) is 0 Å². The van der Waals surface area contributed by atoms with Gasteiger partial charge in [0.25, 0.3) is 0 Å². The van der Waals surface area contributed by atoms with E-state index >= 15 is 0 Å². The number of anilines is 1. The van der Waals surface area contributed by atoms with Crippen LogP contribution in [-0.4, -0.2) is 23.1 Å². The van der Waals surface area contributed by atoms with Gasteiger partial charge in [-0.3, -0.25) is 0 Å². The van der Waals surface area contributed by atoms with Crippen LogP contribution >= 0.6 is 23.2 Å². The fourth-order valence-corrected chi connectivity index (χ4v) is 1.74. The Morgan fingerprint density at radius 3 is 2.39 bits per heavy atom. The molecule has 4 nitrogen and oxygen atoms in total. The third kappa shape index (κ3) is 4.05. The van der Waals surface area contributed by atoms with Crippen molar-refractivity contribution in [1.82, 2.24) is 9.97 Å². The van der Waals surface area contributed by atoms with Gasteiger partial charge in [-0.15, -0.1) is 0 Å². The number of rotatable bonds is 5. The van der Waals surface area contributed by atoms with Gasteiger partial charge in [0.05, 0.1) is 6.54 Å². The van der Waals surface area contributed by atoms with E-state index in [1.807, 2.05) is 30.3 Å². The van der Waals surface area contributed by atoms with Crippen molar-refractivity contribution in [2.75, 3.05) is 18.5 Å². The van der Waals surface area contributed by atoms with Crippen molar-refractivity contribution in [3.8, 4) is 5.75 Å². The summed E-state index contributed by atoms with van der Waals surface area (Å²) in [5, 5.41) is 3.59. The molecule has 6 heteroatoms. The van der Waals surface area contributed by atoms with E-state index in [4.69, 9.17) is 27.9 Å². The van der Waals surface area contributed by atoms with E-state index in [-0.39, 0.29) is 0 Å². The summed E-state index contributed by atoms with van der Waals surface area (Å²) in [4.78, 5) is 7.96. The van der Waals surface area contributed by atoms with Crippen LogP contribution in [-0.2, 0) is 0 Å². The second-order valence-electron chi connectivity index (χ2n) is 3.43. The molecule has 0 fully saturated rings. The lowest BCUT2D eigenvalue weighted by Crippen LogP contribution is -2.13. The summed E-state index contributed by atoms with van der Waals surface area (Å²) in [6.07, 6.45) is 0. The molecular weight excluding hydrogens is 273 g/mol. The summed E-state index contributed by atoms with van der Waals surface area (Å²) in [6.45, 7) is 1.06. The molecule has 1 aromatic carbocycles. The third-order valence-corrected chi connectivity index (χ3v) is 2.45. The molecule has 0 saturated heterocycles. The molecule has 0 radical (unpaired) electrons. The molecule has 2 aromatic rings. The molecule has 0 atom stereocenters. The fraction of sp³-hybridized carbons (Fsp3) is 0.167. The van der Waals surface area contributed by atoms with Crippen molar-refractivity contribution in [2.45, 2.75) is 0 Å². The van der Waals surface area contributed by atoms with Gasteiger partial charge in [0, 0.05) is 6.07 Å². The molecule has 0 saturated carbocycles. The van der Waals surface area contributed by atoms with Crippen LogP contribution in [0.2, 0.25) is 10.3 Å². The zero-order chi connectivity index (χ0) is 12.8. The number of hydrogen-bond acceptors (Lipinski definition) is 4. The van der Waals surface area contributed by atoms with Crippen LogP contribution in [0.15, 0.2) is 36.4 Å². The van der Waals surface area contributed by atoms with Crippen molar-refractivity contribution >= 4 is 29.2 Å². The summed E-state index contributed by atoms with van der Waals surface area (Å²) in [5.74, 6) is 1.22. The fourth-order valence-electron chi connectivity index (χ4n) is 1.32. The third-order valence-electron chi connectivity index (χ3n) is 2.06. The first kappa shape index (κ1) is 12.9. The molecule has 1 N–H and O–H groups in total. The largest absolute Gasteiger partial charge is 0.492 e. The highest BCUT2D eigenvalue weighted by molar-refractivity contribution is 6.33. The SMILES string of the molecule is Clc1cc(Cl)nc(NCCOc2ccccc2)n1. The van der Waals surface area contributed by atoms with Gasteiger partial charge in [-0.2, -0.15) is 0 Å². The maximum absolute atomic E-state index is 5.75. The lowest BCUT2D eigenvalue weighted by Gasteiger charge is -2.07. The normalized spacial score (nSPS) is 10.1. The predicted molar refractivity (Wildman–Crippen MR) is 72.5 cm³/mol. The molecule has 0 amide bonds. The lowest BCUT2D eigenvalue weighted by atomic mass is 10.3. The number of nitrogens with one attached hydrogen (secondary N) is 1. The topological polar surface area (TPSA) is 47.0 Å². The number of para-hydroxylation sites is 1. The first-order valence-electron chi connectivity index (χ1n) is 5.36. The van der Waals surface area contributed by atoms with E-state index in [0.29, 0.717) is 29.4 Å². The van der Waals surface area contributed by atoms with Crippen molar-refractivity contribution in [3.63, 3.8) is 0 Å². The van der Waals surface area contributed by atoms with E-state index in [9.17, 15) is 0 Å². The average Bonchev–Trinajstić information content (AvgIpc) is 2.35. The second kappa shape index (κ2) is 6.42. The minimum absolute atomic E-state index is 0.307. The molecule has 94 valence electrons. The highest BCUT2D eigenvalue weighted by atomic mass is 35.5. The summed E-state index contributed by atoms with van der Waals surface area (Å²) in [5.41, 5.74) is 0. The molecule has 2 rings (SSSR count). The van der Waals surface area contributed by atoms with Gasteiger partial charge in [0.1, 0.15) is 22.7 Å².